The maximum absolute atomic E-state index is 6.49. The topological polar surface area (TPSA) is 29.3 Å². The smallest absolute Gasteiger partial charge is 0.0249 e. The lowest BCUT2D eigenvalue weighted by atomic mass is 9.71. The van der Waals surface area contributed by atoms with E-state index in [1.807, 2.05) is 0 Å². The molecule has 2 aliphatic carbocycles. The van der Waals surface area contributed by atoms with Gasteiger partial charge in [-0.3, -0.25) is 0 Å². The van der Waals surface area contributed by atoms with E-state index in [-0.39, 0.29) is 0 Å². The van der Waals surface area contributed by atoms with Crippen LogP contribution in [0.4, 0.5) is 0 Å². The van der Waals surface area contributed by atoms with Crippen LogP contribution in [0.3, 0.4) is 0 Å². The summed E-state index contributed by atoms with van der Waals surface area (Å²) in [5.74, 6) is 0.942. The summed E-state index contributed by atoms with van der Waals surface area (Å²) in [5.41, 5.74) is 6.82. The fourth-order valence-corrected chi connectivity index (χ4v) is 3.86. The molecule has 0 aliphatic heterocycles. The molecule has 100 valence electrons. The molecule has 2 fully saturated rings. The second kappa shape index (κ2) is 5.27. The van der Waals surface area contributed by atoms with Crippen molar-refractivity contribution < 1.29 is 0 Å². The Morgan fingerprint density at radius 2 is 1.76 bits per heavy atom. The van der Waals surface area contributed by atoms with Crippen LogP contribution in [0.5, 0.6) is 0 Å². The Kier molecular flexibility index (Phi) is 4.14. The fraction of sp³-hybridized carbons (Fsp3) is 1.00. The first-order chi connectivity index (χ1) is 8.00. The van der Waals surface area contributed by atoms with Crippen LogP contribution in [0.15, 0.2) is 0 Å². The van der Waals surface area contributed by atoms with E-state index in [4.69, 9.17) is 5.73 Å². The van der Waals surface area contributed by atoms with E-state index in [0.717, 1.165) is 5.92 Å². The van der Waals surface area contributed by atoms with Gasteiger partial charge in [0.15, 0.2) is 0 Å². The Labute approximate surface area is 107 Å². The SMILES string of the molecule is CN(CC1CCCC1)C1CCCC(C)(C)C1N. The molecule has 0 spiro atoms. The summed E-state index contributed by atoms with van der Waals surface area (Å²) in [7, 11) is 2.30. The van der Waals surface area contributed by atoms with Crippen LogP contribution in [-0.2, 0) is 0 Å². The van der Waals surface area contributed by atoms with Crippen molar-refractivity contribution in [1.29, 1.82) is 0 Å². The molecular formula is C15H30N2. The van der Waals surface area contributed by atoms with Gasteiger partial charge in [0, 0.05) is 18.6 Å². The van der Waals surface area contributed by atoms with Crippen molar-refractivity contribution in [2.45, 2.75) is 70.9 Å². The quantitative estimate of drug-likeness (QED) is 0.819. The zero-order chi connectivity index (χ0) is 12.5. The Morgan fingerprint density at radius 1 is 1.12 bits per heavy atom. The molecule has 0 aromatic rings. The summed E-state index contributed by atoms with van der Waals surface area (Å²) in [6.07, 6.45) is 9.71. The Balaban J connectivity index is 1.91. The molecule has 2 N–H and O–H groups in total. The third kappa shape index (κ3) is 3.03. The van der Waals surface area contributed by atoms with E-state index < -0.39 is 0 Å². The number of likely N-dealkylation sites (N-methyl/N-ethyl adjacent to an activating group) is 1. The largest absolute Gasteiger partial charge is 0.326 e. The molecule has 0 bridgehead atoms. The lowest BCUT2D eigenvalue weighted by Crippen LogP contribution is -2.56. The standard InChI is InChI=1S/C15H30N2/c1-15(2)10-6-9-13(14(15)16)17(3)11-12-7-4-5-8-12/h12-14H,4-11,16H2,1-3H3. The minimum atomic E-state index is 0.326. The molecule has 0 saturated heterocycles. The predicted molar refractivity (Wildman–Crippen MR) is 74.0 cm³/mol. The molecule has 2 nitrogen and oxygen atoms in total. The molecule has 2 unspecified atom stereocenters. The maximum atomic E-state index is 6.49. The first-order valence-corrected chi connectivity index (χ1v) is 7.46. The van der Waals surface area contributed by atoms with E-state index in [1.54, 1.807) is 0 Å². The molecular weight excluding hydrogens is 208 g/mol. The molecule has 0 aromatic carbocycles. The fourth-order valence-electron chi connectivity index (χ4n) is 3.86. The van der Waals surface area contributed by atoms with Crippen molar-refractivity contribution in [2.75, 3.05) is 13.6 Å². The van der Waals surface area contributed by atoms with Gasteiger partial charge in [0.1, 0.15) is 0 Å². The zero-order valence-corrected chi connectivity index (χ0v) is 11.9. The van der Waals surface area contributed by atoms with Crippen molar-refractivity contribution in [3.63, 3.8) is 0 Å². The number of rotatable bonds is 3. The van der Waals surface area contributed by atoms with Gasteiger partial charge < -0.3 is 10.6 Å². The molecule has 2 aliphatic rings. The monoisotopic (exact) mass is 238 g/mol. The van der Waals surface area contributed by atoms with Gasteiger partial charge in [-0.25, -0.2) is 0 Å². The third-order valence-electron chi connectivity index (χ3n) is 5.22. The third-order valence-corrected chi connectivity index (χ3v) is 5.22. The van der Waals surface area contributed by atoms with Crippen molar-refractivity contribution in [3.8, 4) is 0 Å². The van der Waals surface area contributed by atoms with Crippen molar-refractivity contribution in [2.24, 2.45) is 17.1 Å². The highest BCUT2D eigenvalue weighted by Crippen LogP contribution is 2.37. The minimum absolute atomic E-state index is 0.326. The van der Waals surface area contributed by atoms with Gasteiger partial charge in [-0.15, -0.1) is 0 Å². The summed E-state index contributed by atoms with van der Waals surface area (Å²) < 4.78 is 0. The van der Waals surface area contributed by atoms with Crippen LogP contribution in [0, 0.1) is 11.3 Å². The van der Waals surface area contributed by atoms with E-state index in [2.05, 4.69) is 25.8 Å². The lowest BCUT2D eigenvalue weighted by Gasteiger charge is -2.46. The first kappa shape index (κ1) is 13.4. The van der Waals surface area contributed by atoms with Crippen molar-refractivity contribution in [1.82, 2.24) is 4.90 Å². The summed E-state index contributed by atoms with van der Waals surface area (Å²) in [5, 5.41) is 0. The van der Waals surface area contributed by atoms with Gasteiger partial charge in [-0.2, -0.15) is 0 Å². The van der Waals surface area contributed by atoms with E-state index in [1.165, 1.54) is 51.5 Å². The van der Waals surface area contributed by atoms with Gasteiger partial charge in [0.25, 0.3) is 0 Å². The Bertz CT molecular complexity index is 243. The number of hydrogen-bond acceptors (Lipinski definition) is 2. The second-order valence-corrected chi connectivity index (χ2v) is 7.06. The molecule has 0 amide bonds. The van der Waals surface area contributed by atoms with E-state index >= 15 is 0 Å². The first-order valence-electron chi connectivity index (χ1n) is 7.46. The van der Waals surface area contributed by atoms with Crippen molar-refractivity contribution in [3.05, 3.63) is 0 Å². The average molecular weight is 238 g/mol. The van der Waals surface area contributed by atoms with Gasteiger partial charge in [-0.1, -0.05) is 33.1 Å². The highest BCUT2D eigenvalue weighted by atomic mass is 15.2. The molecule has 2 saturated carbocycles. The Hall–Kier alpha value is -0.0800. The maximum Gasteiger partial charge on any atom is 0.0249 e. The van der Waals surface area contributed by atoms with Crippen LogP contribution >= 0.6 is 0 Å². The van der Waals surface area contributed by atoms with E-state index in [0.29, 0.717) is 17.5 Å². The van der Waals surface area contributed by atoms with Crippen LogP contribution in [-0.4, -0.2) is 30.6 Å². The summed E-state index contributed by atoms with van der Waals surface area (Å²) in [4.78, 5) is 2.57. The predicted octanol–water partition coefficient (Wildman–Crippen LogP) is 3.01. The van der Waals surface area contributed by atoms with Crippen molar-refractivity contribution >= 4 is 0 Å². The molecule has 2 atom stereocenters. The zero-order valence-electron chi connectivity index (χ0n) is 11.9. The molecule has 17 heavy (non-hydrogen) atoms. The number of hydrogen-bond donors (Lipinski definition) is 1. The van der Waals surface area contributed by atoms with Crippen LogP contribution in [0.25, 0.3) is 0 Å². The van der Waals surface area contributed by atoms with Gasteiger partial charge in [0.05, 0.1) is 0 Å². The summed E-state index contributed by atoms with van der Waals surface area (Å²) >= 11 is 0. The number of nitrogens with zero attached hydrogens (tertiary/aromatic N) is 1. The summed E-state index contributed by atoms with van der Waals surface area (Å²) in [6, 6.07) is 0.960. The minimum Gasteiger partial charge on any atom is -0.326 e. The Morgan fingerprint density at radius 3 is 2.41 bits per heavy atom. The molecule has 0 aromatic heterocycles. The van der Waals surface area contributed by atoms with Crippen LogP contribution in [0.2, 0.25) is 0 Å². The highest BCUT2D eigenvalue weighted by Gasteiger charge is 2.38. The lowest BCUT2D eigenvalue weighted by molar-refractivity contribution is 0.0753. The van der Waals surface area contributed by atoms with Crippen LogP contribution < -0.4 is 5.73 Å². The van der Waals surface area contributed by atoms with Gasteiger partial charge in [0.2, 0.25) is 0 Å². The molecule has 2 rings (SSSR count). The van der Waals surface area contributed by atoms with Gasteiger partial charge in [-0.05, 0) is 44.1 Å². The van der Waals surface area contributed by atoms with E-state index in [9.17, 15) is 0 Å². The highest BCUT2D eigenvalue weighted by molar-refractivity contribution is 4.95. The number of nitrogens with two attached hydrogens (primary N) is 1. The molecule has 2 heteroatoms. The normalized spacial score (nSPS) is 34.4. The van der Waals surface area contributed by atoms with Gasteiger partial charge >= 0.3 is 0 Å². The van der Waals surface area contributed by atoms with Crippen LogP contribution in [0.1, 0.15) is 58.8 Å². The molecule has 0 heterocycles. The average Bonchev–Trinajstić information content (AvgIpc) is 2.74. The second-order valence-electron chi connectivity index (χ2n) is 7.06. The summed E-state index contributed by atoms with van der Waals surface area (Å²) in [6.45, 7) is 5.95. The molecule has 0 radical (unpaired) electrons.